The number of hydrogen-bond acceptors (Lipinski definition) is 3. The average molecular weight is 227 g/mol. The van der Waals surface area contributed by atoms with Crippen molar-refractivity contribution in [3.05, 3.63) is 46.5 Å². The molecule has 0 radical (unpaired) electrons. The maximum absolute atomic E-state index is 12.3. The van der Waals surface area contributed by atoms with Crippen molar-refractivity contribution in [2.45, 2.75) is 12.8 Å². The third-order valence-electron chi connectivity index (χ3n) is 3.43. The van der Waals surface area contributed by atoms with E-state index in [1.165, 1.54) is 0 Å². The number of carbonyl (C=O) groups is 2. The van der Waals surface area contributed by atoms with Crippen molar-refractivity contribution >= 4 is 11.6 Å². The number of carbonyl (C=O) groups excluding carboxylic acids is 2. The number of benzene rings is 1. The van der Waals surface area contributed by atoms with Gasteiger partial charge in [0.15, 0.2) is 11.6 Å². The van der Waals surface area contributed by atoms with Crippen molar-refractivity contribution in [3.8, 4) is 0 Å². The molecule has 86 valence electrons. The number of hydrogen-bond donors (Lipinski definition) is 1. The van der Waals surface area contributed by atoms with Crippen LogP contribution in [0.4, 0.5) is 0 Å². The Balaban J connectivity index is 2.17. The summed E-state index contributed by atoms with van der Waals surface area (Å²) in [7, 11) is 0. The molecule has 3 rings (SSSR count). The fraction of sp³-hybridized carbons (Fsp3) is 0.286. The standard InChI is InChI=1S/C14H13NO2/c16-13-9-3-1-2-4-10(9)14(17)12-6-8-15-7-5-11(12)13/h1-4,15H,5-8H2. The van der Waals surface area contributed by atoms with E-state index in [2.05, 4.69) is 5.32 Å². The lowest BCUT2D eigenvalue weighted by atomic mass is 9.82. The Morgan fingerprint density at radius 3 is 1.76 bits per heavy atom. The molecule has 0 unspecified atom stereocenters. The summed E-state index contributed by atoms with van der Waals surface area (Å²) < 4.78 is 0. The first-order chi connectivity index (χ1) is 8.29. The van der Waals surface area contributed by atoms with Gasteiger partial charge in [-0.3, -0.25) is 9.59 Å². The lowest BCUT2D eigenvalue weighted by molar-refractivity contribution is 0.0970. The number of nitrogens with one attached hydrogen (secondary N) is 1. The highest BCUT2D eigenvalue weighted by atomic mass is 16.1. The molecule has 0 aromatic heterocycles. The van der Waals surface area contributed by atoms with Gasteiger partial charge in [-0.1, -0.05) is 24.3 Å². The fourth-order valence-corrected chi connectivity index (χ4v) is 2.56. The SMILES string of the molecule is O=C1C2=C(CCNCC2)C(=O)c2ccccc21. The molecule has 3 heteroatoms. The number of fused-ring (bicyclic) bond motifs is 1. The first kappa shape index (κ1) is 10.4. The van der Waals surface area contributed by atoms with Crippen molar-refractivity contribution in [3.63, 3.8) is 0 Å². The largest absolute Gasteiger partial charge is 0.316 e. The zero-order valence-corrected chi connectivity index (χ0v) is 9.45. The average Bonchev–Trinajstić information content (AvgIpc) is 2.62. The predicted molar refractivity (Wildman–Crippen MR) is 64.2 cm³/mol. The van der Waals surface area contributed by atoms with Gasteiger partial charge in [-0.25, -0.2) is 0 Å². The molecule has 2 aliphatic rings. The van der Waals surface area contributed by atoms with E-state index in [9.17, 15) is 9.59 Å². The topological polar surface area (TPSA) is 46.2 Å². The minimum atomic E-state index is 0.0406. The minimum absolute atomic E-state index is 0.0406. The molecule has 1 aliphatic carbocycles. The van der Waals surface area contributed by atoms with Crippen LogP contribution >= 0.6 is 0 Å². The van der Waals surface area contributed by atoms with Gasteiger partial charge >= 0.3 is 0 Å². The first-order valence-electron chi connectivity index (χ1n) is 5.90. The molecule has 0 bridgehead atoms. The summed E-state index contributed by atoms with van der Waals surface area (Å²) in [6, 6.07) is 7.12. The highest BCUT2D eigenvalue weighted by Crippen LogP contribution is 2.30. The summed E-state index contributed by atoms with van der Waals surface area (Å²) in [4.78, 5) is 24.6. The second-order valence-electron chi connectivity index (χ2n) is 4.41. The minimum Gasteiger partial charge on any atom is -0.316 e. The van der Waals surface area contributed by atoms with Crippen LogP contribution in [0.1, 0.15) is 33.6 Å². The third-order valence-corrected chi connectivity index (χ3v) is 3.43. The molecule has 1 N–H and O–H groups in total. The van der Waals surface area contributed by atoms with E-state index in [-0.39, 0.29) is 11.6 Å². The van der Waals surface area contributed by atoms with E-state index in [0.29, 0.717) is 24.0 Å². The Morgan fingerprint density at radius 1 is 0.824 bits per heavy atom. The van der Waals surface area contributed by atoms with Crippen LogP contribution in [-0.4, -0.2) is 24.7 Å². The Hall–Kier alpha value is -1.74. The van der Waals surface area contributed by atoms with Gasteiger partial charge in [-0.2, -0.15) is 0 Å². The Bertz CT molecular complexity index is 496. The van der Waals surface area contributed by atoms with E-state index < -0.39 is 0 Å². The van der Waals surface area contributed by atoms with Crippen molar-refractivity contribution in [2.24, 2.45) is 0 Å². The molecule has 17 heavy (non-hydrogen) atoms. The molecule has 1 heterocycles. The van der Waals surface area contributed by atoms with Crippen LogP contribution < -0.4 is 5.32 Å². The van der Waals surface area contributed by atoms with Crippen molar-refractivity contribution in [1.82, 2.24) is 5.32 Å². The molecule has 0 saturated carbocycles. The monoisotopic (exact) mass is 227 g/mol. The Morgan fingerprint density at radius 2 is 1.29 bits per heavy atom. The van der Waals surface area contributed by atoms with Gasteiger partial charge in [0.25, 0.3) is 0 Å². The van der Waals surface area contributed by atoms with Crippen molar-refractivity contribution in [1.29, 1.82) is 0 Å². The van der Waals surface area contributed by atoms with Crippen LogP contribution in [0.5, 0.6) is 0 Å². The van der Waals surface area contributed by atoms with Crippen molar-refractivity contribution < 1.29 is 9.59 Å². The molecule has 1 aromatic rings. The maximum atomic E-state index is 12.3. The smallest absolute Gasteiger partial charge is 0.190 e. The quantitative estimate of drug-likeness (QED) is 0.734. The van der Waals surface area contributed by atoms with E-state index in [0.717, 1.165) is 24.2 Å². The third kappa shape index (κ3) is 1.54. The molecule has 0 fully saturated rings. The van der Waals surface area contributed by atoms with E-state index in [1.54, 1.807) is 12.1 Å². The maximum Gasteiger partial charge on any atom is 0.190 e. The summed E-state index contributed by atoms with van der Waals surface area (Å²) >= 11 is 0. The highest BCUT2D eigenvalue weighted by Gasteiger charge is 2.31. The fourth-order valence-electron chi connectivity index (χ4n) is 2.56. The van der Waals surface area contributed by atoms with Gasteiger partial charge in [-0.15, -0.1) is 0 Å². The molecule has 0 saturated heterocycles. The van der Waals surface area contributed by atoms with E-state index in [1.807, 2.05) is 12.1 Å². The summed E-state index contributed by atoms with van der Waals surface area (Å²) in [5, 5.41) is 3.23. The second kappa shape index (κ2) is 3.93. The molecule has 0 atom stereocenters. The van der Waals surface area contributed by atoms with Crippen LogP contribution in [0.25, 0.3) is 0 Å². The molecule has 1 aliphatic heterocycles. The summed E-state index contributed by atoms with van der Waals surface area (Å²) in [6.45, 7) is 1.56. The van der Waals surface area contributed by atoms with Gasteiger partial charge in [-0.05, 0) is 25.9 Å². The van der Waals surface area contributed by atoms with Gasteiger partial charge in [0.2, 0.25) is 0 Å². The zero-order valence-electron chi connectivity index (χ0n) is 9.45. The van der Waals surface area contributed by atoms with Gasteiger partial charge in [0.1, 0.15) is 0 Å². The predicted octanol–water partition coefficient (Wildman–Crippen LogP) is 1.75. The van der Waals surface area contributed by atoms with Gasteiger partial charge < -0.3 is 5.32 Å². The lowest BCUT2D eigenvalue weighted by Crippen LogP contribution is -2.22. The van der Waals surface area contributed by atoms with Crippen LogP contribution in [0.3, 0.4) is 0 Å². The molecular weight excluding hydrogens is 214 g/mol. The molecule has 0 amide bonds. The van der Waals surface area contributed by atoms with Crippen LogP contribution in [0, 0.1) is 0 Å². The molecule has 0 spiro atoms. The molecule has 3 nitrogen and oxygen atoms in total. The lowest BCUT2D eigenvalue weighted by Gasteiger charge is -2.18. The van der Waals surface area contributed by atoms with Crippen LogP contribution in [-0.2, 0) is 0 Å². The molecular formula is C14H13NO2. The van der Waals surface area contributed by atoms with Gasteiger partial charge in [0.05, 0.1) is 0 Å². The Labute approximate surface area is 99.5 Å². The van der Waals surface area contributed by atoms with Crippen LogP contribution in [0.2, 0.25) is 0 Å². The molecule has 1 aromatic carbocycles. The second-order valence-corrected chi connectivity index (χ2v) is 4.41. The number of ketones is 2. The van der Waals surface area contributed by atoms with E-state index >= 15 is 0 Å². The summed E-state index contributed by atoms with van der Waals surface area (Å²) in [6.07, 6.45) is 1.32. The van der Waals surface area contributed by atoms with E-state index in [4.69, 9.17) is 0 Å². The van der Waals surface area contributed by atoms with Crippen molar-refractivity contribution in [2.75, 3.05) is 13.1 Å². The Kier molecular flexibility index (Phi) is 2.41. The zero-order chi connectivity index (χ0) is 11.8. The van der Waals surface area contributed by atoms with Gasteiger partial charge in [0, 0.05) is 22.3 Å². The summed E-state index contributed by atoms with van der Waals surface area (Å²) in [5.74, 6) is 0.0813. The van der Waals surface area contributed by atoms with Crippen LogP contribution in [0.15, 0.2) is 35.4 Å². The highest BCUT2D eigenvalue weighted by molar-refractivity contribution is 6.26. The first-order valence-corrected chi connectivity index (χ1v) is 5.90. The number of Topliss-reactive ketones (excluding diaryl/α,β-unsaturated/α-hetero) is 2. The number of rotatable bonds is 0. The summed E-state index contributed by atoms with van der Waals surface area (Å²) in [5.41, 5.74) is 2.58. The normalized spacial score (nSPS) is 19.8.